The van der Waals surface area contributed by atoms with Gasteiger partial charge in [0.1, 0.15) is 6.10 Å². The van der Waals surface area contributed by atoms with Gasteiger partial charge in [-0.05, 0) is 0 Å². The topological polar surface area (TPSA) is 20.2 Å². The van der Waals surface area contributed by atoms with Crippen LogP contribution in [0.3, 0.4) is 0 Å². The molecule has 9 heavy (non-hydrogen) atoms. The molecule has 54 valence electrons. The summed E-state index contributed by atoms with van der Waals surface area (Å²) in [4.78, 5) is 0. The summed E-state index contributed by atoms with van der Waals surface area (Å²) >= 11 is 4.58. The third kappa shape index (κ3) is 0.730. The van der Waals surface area contributed by atoms with Gasteiger partial charge in [-0.2, -0.15) is 0 Å². The first-order valence-electron chi connectivity index (χ1n) is 2.31. The first kappa shape index (κ1) is 7.15. The summed E-state index contributed by atoms with van der Waals surface area (Å²) in [5.74, 6) is -3.56. The zero-order valence-corrected chi connectivity index (χ0v) is 5.00. The van der Waals surface area contributed by atoms with Crippen LogP contribution in [0.1, 0.15) is 6.42 Å². The minimum Gasteiger partial charge on any atom is -0.388 e. The van der Waals surface area contributed by atoms with Crippen molar-refractivity contribution in [3.63, 3.8) is 0 Å². The Kier molecular flexibility index (Phi) is 1.23. The van der Waals surface area contributed by atoms with Crippen LogP contribution in [0.4, 0.5) is 13.2 Å². The Bertz CT molecular complexity index is 136. The summed E-state index contributed by atoms with van der Waals surface area (Å²) in [7, 11) is 0. The highest BCUT2D eigenvalue weighted by atomic mass is 35.5. The highest BCUT2D eigenvalue weighted by Crippen LogP contribution is 2.52. The van der Waals surface area contributed by atoms with Gasteiger partial charge in [0.15, 0.2) is 0 Å². The fourth-order valence-corrected chi connectivity index (χ4v) is 0.774. The molecule has 1 fully saturated rings. The van der Waals surface area contributed by atoms with Crippen LogP contribution in [0, 0.1) is 0 Å². The summed E-state index contributed by atoms with van der Waals surface area (Å²) in [5, 5.41) is 5.10. The Labute approximate surface area is 54.4 Å². The van der Waals surface area contributed by atoms with Crippen molar-refractivity contribution in [1.29, 1.82) is 0 Å². The molecule has 0 aromatic carbocycles. The third-order valence-corrected chi connectivity index (χ3v) is 1.88. The summed E-state index contributed by atoms with van der Waals surface area (Å²) in [6, 6.07) is 0. The highest BCUT2D eigenvalue weighted by Gasteiger charge is 2.69. The molecule has 1 rings (SSSR count). The standard InChI is InChI=1S/C4H4ClF3O/c5-4(8)2(9)1-3(4,6)7/h2,9H,1H2/t2-,4+/m1/s1. The van der Waals surface area contributed by atoms with Crippen LogP contribution in [-0.4, -0.2) is 22.3 Å². The maximum Gasteiger partial charge on any atom is 0.300 e. The van der Waals surface area contributed by atoms with Crippen molar-refractivity contribution >= 4 is 11.6 Å². The quantitative estimate of drug-likeness (QED) is 0.530. The van der Waals surface area contributed by atoms with Gasteiger partial charge in [0.25, 0.3) is 5.13 Å². The van der Waals surface area contributed by atoms with Crippen molar-refractivity contribution in [2.75, 3.05) is 0 Å². The Morgan fingerprint density at radius 3 is 1.89 bits per heavy atom. The van der Waals surface area contributed by atoms with Gasteiger partial charge in [-0.25, -0.2) is 13.2 Å². The van der Waals surface area contributed by atoms with E-state index in [2.05, 4.69) is 11.6 Å². The molecule has 0 radical (unpaired) electrons. The monoisotopic (exact) mass is 160 g/mol. The summed E-state index contributed by atoms with van der Waals surface area (Å²) in [6.45, 7) is 0. The highest BCUT2D eigenvalue weighted by molar-refractivity contribution is 6.24. The summed E-state index contributed by atoms with van der Waals surface area (Å²) < 4.78 is 35.9. The first-order chi connectivity index (χ1) is 3.88. The molecule has 0 unspecified atom stereocenters. The van der Waals surface area contributed by atoms with E-state index in [-0.39, 0.29) is 0 Å². The second kappa shape index (κ2) is 1.55. The van der Waals surface area contributed by atoms with E-state index in [4.69, 9.17) is 5.11 Å². The maximum atomic E-state index is 12.1. The Morgan fingerprint density at radius 1 is 1.44 bits per heavy atom. The molecule has 5 heteroatoms. The van der Waals surface area contributed by atoms with Crippen LogP contribution in [-0.2, 0) is 0 Å². The Balaban J connectivity index is 2.70. The third-order valence-electron chi connectivity index (χ3n) is 1.36. The number of aliphatic hydroxyl groups is 1. The van der Waals surface area contributed by atoms with Crippen molar-refractivity contribution in [1.82, 2.24) is 0 Å². The maximum absolute atomic E-state index is 12.1. The number of halogens is 4. The fourth-order valence-electron chi connectivity index (χ4n) is 0.620. The van der Waals surface area contributed by atoms with Gasteiger partial charge < -0.3 is 5.11 Å². The van der Waals surface area contributed by atoms with Gasteiger partial charge in [0.2, 0.25) is 0 Å². The minimum atomic E-state index is -3.56. The SMILES string of the molecule is O[C@@H]1CC(F)(F)[C@]1(F)Cl. The lowest BCUT2D eigenvalue weighted by Gasteiger charge is -2.41. The van der Waals surface area contributed by atoms with E-state index in [9.17, 15) is 13.2 Å². The molecule has 0 amide bonds. The fraction of sp³-hybridized carbons (Fsp3) is 1.00. The number of rotatable bonds is 0. The molecule has 0 aromatic rings. The molecule has 1 nitrogen and oxygen atoms in total. The predicted octanol–water partition coefficient (Wildman–Crippen LogP) is 1.29. The van der Waals surface area contributed by atoms with Gasteiger partial charge >= 0.3 is 5.92 Å². The molecule has 0 saturated heterocycles. The van der Waals surface area contributed by atoms with E-state index in [1.54, 1.807) is 0 Å². The molecule has 2 atom stereocenters. The molecule has 0 aromatic heterocycles. The number of hydrogen-bond donors (Lipinski definition) is 1. The molecule has 0 bridgehead atoms. The summed E-state index contributed by atoms with van der Waals surface area (Å²) in [5.41, 5.74) is 0. The van der Waals surface area contributed by atoms with Gasteiger partial charge in [0.05, 0.1) is 0 Å². The lowest BCUT2D eigenvalue weighted by molar-refractivity contribution is -0.232. The Hall–Kier alpha value is 0.0400. The zero-order valence-electron chi connectivity index (χ0n) is 4.24. The van der Waals surface area contributed by atoms with Crippen molar-refractivity contribution in [2.24, 2.45) is 0 Å². The average Bonchev–Trinajstić information content (AvgIpc) is 1.65. The van der Waals surface area contributed by atoms with Crippen LogP contribution in [0.25, 0.3) is 0 Å². The van der Waals surface area contributed by atoms with Crippen LogP contribution >= 0.6 is 11.6 Å². The van der Waals surface area contributed by atoms with Crippen molar-refractivity contribution in [3.05, 3.63) is 0 Å². The lowest BCUT2D eigenvalue weighted by Crippen LogP contribution is -2.61. The second-order valence-corrected chi connectivity index (χ2v) is 2.60. The molecule has 0 spiro atoms. The van der Waals surface area contributed by atoms with E-state index in [1.807, 2.05) is 0 Å². The average molecular weight is 161 g/mol. The first-order valence-corrected chi connectivity index (χ1v) is 2.69. The van der Waals surface area contributed by atoms with E-state index < -0.39 is 23.6 Å². The normalized spacial score (nSPS) is 48.3. The van der Waals surface area contributed by atoms with Gasteiger partial charge in [0, 0.05) is 6.42 Å². The molecule has 1 N–H and O–H groups in total. The number of aliphatic hydroxyl groups excluding tert-OH is 1. The van der Waals surface area contributed by atoms with Crippen LogP contribution in [0.2, 0.25) is 0 Å². The minimum absolute atomic E-state index is 0.882. The van der Waals surface area contributed by atoms with Crippen LogP contribution < -0.4 is 0 Å². The van der Waals surface area contributed by atoms with E-state index in [0.29, 0.717) is 0 Å². The van der Waals surface area contributed by atoms with Crippen LogP contribution in [0.5, 0.6) is 0 Å². The molecule has 0 heterocycles. The molecule has 1 aliphatic carbocycles. The van der Waals surface area contributed by atoms with Crippen molar-refractivity contribution in [3.8, 4) is 0 Å². The largest absolute Gasteiger partial charge is 0.388 e. The molecule has 1 aliphatic rings. The predicted molar refractivity (Wildman–Crippen MR) is 25.3 cm³/mol. The zero-order chi connectivity index (χ0) is 7.28. The Morgan fingerprint density at radius 2 is 1.89 bits per heavy atom. The summed E-state index contributed by atoms with van der Waals surface area (Å²) in [6.07, 6.45) is -2.61. The van der Waals surface area contributed by atoms with Gasteiger partial charge in [-0.15, -0.1) is 0 Å². The number of hydrogen-bond acceptors (Lipinski definition) is 1. The smallest absolute Gasteiger partial charge is 0.300 e. The van der Waals surface area contributed by atoms with E-state index in [1.165, 1.54) is 0 Å². The molecule has 0 aliphatic heterocycles. The van der Waals surface area contributed by atoms with Crippen LogP contribution in [0.15, 0.2) is 0 Å². The van der Waals surface area contributed by atoms with E-state index >= 15 is 0 Å². The lowest BCUT2D eigenvalue weighted by atomic mass is 9.88. The molecular formula is C4H4ClF3O. The number of alkyl halides is 4. The molecular weight excluding hydrogens is 156 g/mol. The van der Waals surface area contributed by atoms with Crippen molar-refractivity contribution in [2.45, 2.75) is 23.6 Å². The van der Waals surface area contributed by atoms with Crippen molar-refractivity contribution < 1.29 is 18.3 Å². The van der Waals surface area contributed by atoms with Gasteiger partial charge in [-0.1, -0.05) is 11.6 Å². The second-order valence-electron chi connectivity index (χ2n) is 2.05. The van der Waals surface area contributed by atoms with E-state index in [0.717, 1.165) is 0 Å². The molecule has 1 saturated carbocycles. The van der Waals surface area contributed by atoms with Gasteiger partial charge in [-0.3, -0.25) is 0 Å².